The zero-order valence-electron chi connectivity index (χ0n) is 12.9. The normalized spacial score (nSPS) is 12.7. The Labute approximate surface area is 127 Å². The van der Waals surface area contributed by atoms with E-state index in [1.165, 1.54) is 5.56 Å². The third-order valence-corrected chi connectivity index (χ3v) is 3.20. The van der Waals surface area contributed by atoms with Crippen LogP contribution in [-0.2, 0) is 4.74 Å². The SMILES string of the molecule is CCNC(C)c1ccc(OCCOCC(C)C)c(Cl)c1. The second-order valence-corrected chi connectivity index (χ2v) is 5.69. The fourth-order valence-electron chi connectivity index (χ4n) is 1.86. The number of ether oxygens (including phenoxy) is 2. The average Bonchev–Trinajstić information content (AvgIpc) is 2.39. The first-order valence-corrected chi connectivity index (χ1v) is 7.65. The van der Waals surface area contributed by atoms with Gasteiger partial charge in [0, 0.05) is 12.6 Å². The predicted octanol–water partition coefficient (Wildman–Crippen LogP) is 4.06. The molecular weight excluding hydrogens is 274 g/mol. The number of hydrogen-bond acceptors (Lipinski definition) is 3. The highest BCUT2D eigenvalue weighted by Gasteiger charge is 2.08. The molecular formula is C16H26ClNO2. The first-order valence-electron chi connectivity index (χ1n) is 7.28. The van der Waals surface area contributed by atoms with E-state index in [1.54, 1.807) is 0 Å². The maximum absolute atomic E-state index is 6.24. The lowest BCUT2D eigenvalue weighted by Gasteiger charge is -2.15. The maximum Gasteiger partial charge on any atom is 0.138 e. The molecule has 0 bridgehead atoms. The van der Waals surface area contributed by atoms with Gasteiger partial charge in [0.1, 0.15) is 12.4 Å². The summed E-state index contributed by atoms with van der Waals surface area (Å²) in [5.41, 5.74) is 1.17. The van der Waals surface area contributed by atoms with Gasteiger partial charge in [0.25, 0.3) is 0 Å². The topological polar surface area (TPSA) is 30.5 Å². The van der Waals surface area contributed by atoms with E-state index in [2.05, 4.69) is 33.0 Å². The molecule has 1 aromatic carbocycles. The highest BCUT2D eigenvalue weighted by atomic mass is 35.5. The summed E-state index contributed by atoms with van der Waals surface area (Å²) in [7, 11) is 0. The van der Waals surface area contributed by atoms with Crippen molar-refractivity contribution in [2.45, 2.75) is 33.7 Å². The van der Waals surface area contributed by atoms with Crippen molar-refractivity contribution in [1.29, 1.82) is 0 Å². The van der Waals surface area contributed by atoms with Gasteiger partial charge in [-0.25, -0.2) is 0 Å². The molecule has 1 rings (SSSR count). The van der Waals surface area contributed by atoms with Crippen molar-refractivity contribution in [3.8, 4) is 5.75 Å². The van der Waals surface area contributed by atoms with Crippen LogP contribution in [0.2, 0.25) is 5.02 Å². The van der Waals surface area contributed by atoms with Crippen molar-refractivity contribution in [3.05, 3.63) is 28.8 Å². The molecule has 3 nitrogen and oxygen atoms in total. The van der Waals surface area contributed by atoms with E-state index in [9.17, 15) is 0 Å². The molecule has 0 saturated heterocycles. The van der Waals surface area contributed by atoms with Gasteiger partial charge in [-0.05, 0) is 37.1 Å². The van der Waals surface area contributed by atoms with E-state index >= 15 is 0 Å². The van der Waals surface area contributed by atoms with Crippen LogP contribution < -0.4 is 10.1 Å². The van der Waals surface area contributed by atoms with Gasteiger partial charge in [-0.1, -0.05) is 38.4 Å². The van der Waals surface area contributed by atoms with Crippen LogP contribution in [-0.4, -0.2) is 26.4 Å². The minimum Gasteiger partial charge on any atom is -0.490 e. The van der Waals surface area contributed by atoms with E-state index in [0.717, 1.165) is 13.2 Å². The number of hydrogen-bond donors (Lipinski definition) is 1. The van der Waals surface area contributed by atoms with E-state index in [4.69, 9.17) is 21.1 Å². The standard InChI is InChI=1S/C16H26ClNO2/c1-5-18-13(4)14-6-7-16(15(17)10-14)20-9-8-19-11-12(2)3/h6-7,10,12-13,18H,5,8-9,11H2,1-4H3. The number of nitrogens with one attached hydrogen (secondary N) is 1. The average molecular weight is 300 g/mol. The summed E-state index contributed by atoms with van der Waals surface area (Å²) in [6.07, 6.45) is 0. The number of rotatable bonds is 9. The lowest BCUT2D eigenvalue weighted by atomic mass is 10.1. The van der Waals surface area contributed by atoms with Gasteiger partial charge in [0.2, 0.25) is 0 Å². The van der Waals surface area contributed by atoms with Crippen molar-refractivity contribution in [3.63, 3.8) is 0 Å². The summed E-state index contributed by atoms with van der Waals surface area (Å²) < 4.78 is 11.1. The quantitative estimate of drug-likeness (QED) is 0.698. The van der Waals surface area contributed by atoms with Crippen LogP contribution in [0.4, 0.5) is 0 Å². The Morgan fingerprint density at radius 2 is 1.95 bits per heavy atom. The minimum atomic E-state index is 0.293. The Morgan fingerprint density at radius 1 is 1.20 bits per heavy atom. The van der Waals surface area contributed by atoms with Gasteiger partial charge in [-0.2, -0.15) is 0 Å². The molecule has 0 amide bonds. The van der Waals surface area contributed by atoms with Gasteiger partial charge < -0.3 is 14.8 Å². The van der Waals surface area contributed by atoms with E-state index in [1.807, 2.05) is 18.2 Å². The molecule has 0 aliphatic rings. The molecule has 0 aromatic heterocycles. The Bertz CT molecular complexity index is 396. The van der Waals surface area contributed by atoms with Gasteiger partial charge in [0.15, 0.2) is 0 Å². The molecule has 0 saturated carbocycles. The van der Waals surface area contributed by atoms with Gasteiger partial charge in [-0.3, -0.25) is 0 Å². The number of halogens is 1. The minimum absolute atomic E-state index is 0.293. The maximum atomic E-state index is 6.24. The van der Waals surface area contributed by atoms with Gasteiger partial charge in [0.05, 0.1) is 11.6 Å². The summed E-state index contributed by atoms with van der Waals surface area (Å²) in [5, 5.41) is 4.01. The highest BCUT2D eigenvalue weighted by molar-refractivity contribution is 6.32. The Balaban J connectivity index is 2.43. The zero-order valence-corrected chi connectivity index (χ0v) is 13.7. The molecule has 0 radical (unpaired) electrons. The number of benzene rings is 1. The second kappa shape index (κ2) is 9.22. The molecule has 1 atom stereocenters. The lowest BCUT2D eigenvalue weighted by molar-refractivity contribution is 0.0819. The summed E-state index contributed by atoms with van der Waals surface area (Å²) in [5.74, 6) is 1.26. The molecule has 1 aromatic rings. The smallest absolute Gasteiger partial charge is 0.138 e. The molecule has 0 fully saturated rings. The molecule has 0 heterocycles. The largest absolute Gasteiger partial charge is 0.490 e. The molecule has 1 unspecified atom stereocenters. The fourth-order valence-corrected chi connectivity index (χ4v) is 2.10. The Hall–Kier alpha value is -0.770. The first-order chi connectivity index (χ1) is 9.54. The van der Waals surface area contributed by atoms with Crippen LogP contribution in [0.1, 0.15) is 39.3 Å². The lowest BCUT2D eigenvalue weighted by Crippen LogP contribution is -2.17. The molecule has 1 N–H and O–H groups in total. The third kappa shape index (κ3) is 6.12. The van der Waals surface area contributed by atoms with E-state index < -0.39 is 0 Å². The van der Waals surface area contributed by atoms with Crippen molar-refractivity contribution >= 4 is 11.6 Å². The van der Waals surface area contributed by atoms with Gasteiger partial charge >= 0.3 is 0 Å². The summed E-state index contributed by atoms with van der Waals surface area (Å²) >= 11 is 6.24. The molecule has 4 heteroatoms. The molecule has 20 heavy (non-hydrogen) atoms. The summed E-state index contributed by atoms with van der Waals surface area (Å²) in [4.78, 5) is 0. The Morgan fingerprint density at radius 3 is 2.55 bits per heavy atom. The van der Waals surface area contributed by atoms with Crippen molar-refractivity contribution < 1.29 is 9.47 Å². The summed E-state index contributed by atoms with van der Waals surface area (Å²) in [6.45, 7) is 11.3. The first kappa shape index (κ1) is 17.3. The predicted molar refractivity (Wildman–Crippen MR) is 84.7 cm³/mol. The van der Waals surface area contributed by atoms with Crippen molar-refractivity contribution in [1.82, 2.24) is 5.32 Å². The van der Waals surface area contributed by atoms with Crippen molar-refractivity contribution in [2.24, 2.45) is 5.92 Å². The van der Waals surface area contributed by atoms with Crippen LogP contribution in [0.5, 0.6) is 5.75 Å². The van der Waals surface area contributed by atoms with Crippen LogP contribution >= 0.6 is 11.6 Å². The monoisotopic (exact) mass is 299 g/mol. The highest BCUT2D eigenvalue weighted by Crippen LogP contribution is 2.27. The third-order valence-electron chi connectivity index (χ3n) is 2.90. The van der Waals surface area contributed by atoms with Crippen LogP contribution in [0.25, 0.3) is 0 Å². The summed E-state index contributed by atoms with van der Waals surface area (Å²) in [6, 6.07) is 6.22. The molecule has 0 aliphatic heterocycles. The van der Waals surface area contributed by atoms with Crippen molar-refractivity contribution in [2.75, 3.05) is 26.4 Å². The fraction of sp³-hybridized carbons (Fsp3) is 0.625. The molecule has 0 aliphatic carbocycles. The van der Waals surface area contributed by atoms with Crippen LogP contribution in [0, 0.1) is 5.92 Å². The van der Waals surface area contributed by atoms with Crippen LogP contribution in [0.3, 0.4) is 0 Å². The van der Waals surface area contributed by atoms with E-state index in [0.29, 0.717) is 35.9 Å². The van der Waals surface area contributed by atoms with E-state index in [-0.39, 0.29) is 0 Å². The molecule has 114 valence electrons. The molecule has 0 spiro atoms. The Kier molecular flexibility index (Phi) is 7.97. The van der Waals surface area contributed by atoms with Gasteiger partial charge in [-0.15, -0.1) is 0 Å². The zero-order chi connectivity index (χ0) is 15.0. The second-order valence-electron chi connectivity index (χ2n) is 5.29. The van der Waals surface area contributed by atoms with Crippen LogP contribution in [0.15, 0.2) is 18.2 Å².